The fourth-order valence-corrected chi connectivity index (χ4v) is 3.39. The predicted octanol–water partition coefficient (Wildman–Crippen LogP) is 2.36. The van der Waals surface area contributed by atoms with Gasteiger partial charge in [0.1, 0.15) is 11.3 Å². The molecule has 0 saturated carbocycles. The van der Waals surface area contributed by atoms with Crippen molar-refractivity contribution < 1.29 is 9.47 Å². The molecule has 5 heteroatoms. The smallest absolute Gasteiger partial charge is 0.160 e. The Kier molecular flexibility index (Phi) is 3.61. The predicted molar refractivity (Wildman–Crippen MR) is 79.2 cm³/mol. The van der Waals surface area contributed by atoms with Crippen molar-refractivity contribution >= 4 is 11.2 Å². The second kappa shape index (κ2) is 5.73. The third-order valence-electron chi connectivity index (χ3n) is 4.61. The van der Waals surface area contributed by atoms with Crippen LogP contribution in [0.15, 0.2) is 18.3 Å². The molecular formula is C16H21N3O2. The van der Waals surface area contributed by atoms with Crippen LogP contribution in [-0.4, -0.2) is 41.0 Å². The van der Waals surface area contributed by atoms with Crippen molar-refractivity contribution in [3.63, 3.8) is 0 Å². The van der Waals surface area contributed by atoms with E-state index in [1.807, 2.05) is 12.3 Å². The topological polar surface area (TPSA) is 49.2 Å². The molecule has 112 valence electrons. The minimum absolute atomic E-state index is 0.416. The molecule has 21 heavy (non-hydrogen) atoms. The Labute approximate surface area is 124 Å². The van der Waals surface area contributed by atoms with Crippen LogP contribution < -0.4 is 0 Å². The Bertz CT molecular complexity index is 613. The molecule has 0 radical (unpaired) electrons. The Morgan fingerprint density at radius 3 is 2.81 bits per heavy atom. The number of fused-ring (bicyclic) bond motifs is 1. The first-order valence-electron chi connectivity index (χ1n) is 7.88. The van der Waals surface area contributed by atoms with Gasteiger partial charge >= 0.3 is 0 Å². The zero-order valence-corrected chi connectivity index (χ0v) is 12.2. The van der Waals surface area contributed by atoms with Crippen LogP contribution in [0.25, 0.3) is 11.2 Å². The number of hydrogen-bond acceptors (Lipinski definition) is 4. The second-order valence-corrected chi connectivity index (χ2v) is 6.04. The van der Waals surface area contributed by atoms with Gasteiger partial charge in [-0.1, -0.05) is 0 Å². The Morgan fingerprint density at radius 2 is 2.00 bits per heavy atom. The van der Waals surface area contributed by atoms with Gasteiger partial charge in [-0.2, -0.15) is 0 Å². The first-order chi connectivity index (χ1) is 10.4. The van der Waals surface area contributed by atoms with E-state index < -0.39 is 0 Å². The Balaban J connectivity index is 1.70. The Hall–Kier alpha value is -1.46. The number of pyridine rings is 1. The molecule has 2 aliphatic rings. The van der Waals surface area contributed by atoms with Crippen molar-refractivity contribution in [1.29, 1.82) is 0 Å². The summed E-state index contributed by atoms with van der Waals surface area (Å²) in [6.45, 7) is 4.40. The maximum Gasteiger partial charge on any atom is 0.160 e. The van der Waals surface area contributed by atoms with Gasteiger partial charge in [0.15, 0.2) is 5.65 Å². The number of aromatic nitrogens is 3. The number of nitrogens with zero attached hydrogens (tertiary/aromatic N) is 3. The van der Waals surface area contributed by atoms with Crippen LogP contribution in [0.2, 0.25) is 0 Å². The molecule has 0 bridgehead atoms. The van der Waals surface area contributed by atoms with Crippen LogP contribution in [0.4, 0.5) is 0 Å². The third kappa shape index (κ3) is 2.56. The van der Waals surface area contributed by atoms with E-state index in [0.29, 0.717) is 11.8 Å². The first kappa shape index (κ1) is 13.2. The average Bonchev–Trinajstić information content (AvgIpc) is 3.16. The van der Waals surface area contributed by atoms with Crippen molar-refractivity contribution in [2.45, 2.75) is 31.7 Å². The molecular weight excluding hydrogens is 266 g/mol. The van der Waals surface area contributed by atoms with Crippen molar-refractivity contribution in [2.24, 2.45) is 5.92 Å². The fourth-order valence-electron chi connectivity index (χ4n) is 3.39. The van der Waals surface area contributed by atoms with E-state index >= 15 is 0 Å². The Morgan fingerprint density at radius 1 is 1.14 bits per heavy atom. The van der Waals surface area contributed by atoms with Gasteiger partial charge < -0.3 is 14.0 Å². The standard InChI is InChI=1S/C16H21N3O2/c1-2-14-16(17-6-1)19(10-12-3-7-20-8-4-12)15(18-14)13-5-9-21-11-13/h1-2,6,12-13H,3-5,7-11H2. The van der Waals surface area contributed by atoms with E-state index in [1.54, 1.807) is 0 Å². The van der Waals surface area contributed by atoms with Crippen LogP contribution >= 0.6 is 0 Å². The van der Waals surface area contributed by atoms with Gasteiger partial charge in [-0.15, -0.1) is 0 Å². The summed E-state index contributed by atoms with van der Waals surface area (Å²) in [6.07, 6.45) is 5.19. The highest BCUT2D eigenvalue weighted by molar-refractivity contribution is 5.71. The van der Waals surface area contributed by atoms with E-state index in [4.69, 9.17) is 14.5 Å². The van der Waals surface area contributed by atoms with Crippen LogP contribution in [0, 0.1) is 5.92 Å². The van der Waals surface area contributed by atoms with Gasteiger partial charge in [0.25, 0.3) is 0 Å². The number of imidazole rings is 1. The second-order valence-electron chi connectivity index (χ2n) is 6.04. The molecule has 0 aromatic carbocycles. The maximum atomic E-state index is 5.56. The van der Waals surface area contributed by atoms with E-state index in [-0.39, 0.29) is 0 Å². The largest absolute Gasteiger partial charge is 0.381 e. The summed E-state index contributed by atoms with van der Waals surface area (Å²) in [5, 5.41) is 0. The summed E-state index contributed by atoms with van der Waals surface area (Å²) in [6, 6.07) is 4.02. The highest BCUT2D eigenvalue weighted by Crippen LogP contribution is 2.29. The van der Waals surface area contributed by atoms with Crippen LogP contribution in [0.1, 0.15) is 31.0 Å². The van der Waals surface area contributed by atoms with Crippen molar-refractivity contribution in [3.8, 4) is 0 Å². The van der Waals surface area contributed by atoms with Crippen LogP contribution in [-0.2, 0) is 16.0 Å². The van der Waals surface area contributed by atoms with Gasteiger partial charge in [0, 0.05) is 38.5 Å². The summed E-state index contributed by atoms with van der Waals surface area (Å²) in [5.41, 5.74) is 2.03. The van der Waals surface area contributed by atoms with Gasteiger partial charge in [-0.05, 0) is 37.3 Å². The van der Waals surface area contributed by atoms with Gasteiger partial charge in [0.05, 0.1) is 6.61 Å². The summed E-state index contributed by atoms with van der Waals surface area (Å²) in [7, 11) is 0. The minimum Gasteiger partial charge on any atom is -0.381 e. The van der Waals surface area contributed by atoms with Crippen LogP contribution in [0.3, 0.4) is 0 Å². The maximum absolute atomic E-state index is 5.56. The van der Waals surface area contributed by atoms with Gasteiger partial charge in [0.2, 0.25) is 0 Å². The van der Waals surface area contributed by atoms with E-state index in [1.165, 1.54) is 0 Å². The molecule has 0 spiro atoms. The highest BCUT2D eigenvalue weighted by Gasteiger charge is 2.26. The molecule has 2 aromatic rings. The molecule has 5 nitrogen and oxygen atoms in total. The van der Waals surface area contributed by atoms with Gasteiger partial charge in [-0.3, -0.25) is 0 Å². The third-order valence-corrected chi connectivity index (χ3v) is 4.61. The lowest BCUT2D eigenvalue weighted by Gasteiger charge is -2.24. The molecule has 1 unspecified atom stereocenters. The lowest BCUT2D eigenvalue weighted by atomic mass is 10.00. The summed E-state index contributed by atoms with van der Waals surface area (Å²) in [5.74, 6) is 2.24. The molecule has 2 aliphatic heterocycles. The number of hydrogen-bond donors (Lipinski definition) is 0. The van der Waals surface area contributed by atoms with E-state index in [0.717, 1.165) is 69.2 Å². The fraction of sp³-hybridized carbons (Fsp3) is 0.625. The number of rotatable bonds is 3. The molecule has 1 atom stereocenters. The molecule has 4 heterocycles. The van der Waals surface area contributed by atoms with Gasteiger partial charge in [-0.25, -0.2) is 9.97 Å². The summed E-state index contributed by atoms with van der Waals surface area (Å²) in [4.78, 5) is 9.42. The molecule has 4 rings (SSSR count). The van der Waals surface area contributed by atoms with E-state index in [2.05, 4.69) is 15.6 Å². The highest BCUT2D eigenvalue weighted by atomic mass is 16.5. The monoisotopic (exact) mass is 287 g/mol. The van der Waals surface area contributed by atoms with Crippen molar-refractivity contribution in [1.82, 2.24) is 14.5 Å². The summed E-state index contributed by atoms with van der Waals surface area (Å²) >= 11 is 0. The average molecular weight is 287 g/mol. The summed E-state index contributed by atoms with van der Waals surface area (Å²) < 4.78 is 13.4. The first-order valence-corrected chi connectivity index (χ1v) is 7.88. The lowest BCUT2D eigenvalue weighted by molar-refractivity contribution is 0.0612. The molecule has 2 aromatic heterocycles. The normalized spacial score (nSPS) is 23.9. The molecule has 0 aliphatic carbocycles. The molecule has 0 N–H and O–H groups in total. The minimum atomic E-state index is 0.416. The lowest BCUT2D eigenvalue weighted by Crippen LogP contribution is -2.22. The quantitative estimate of drug-likeness (QED) is 0.869. The number of ether oxygens (including phenoxy) is 2. The molecule has 2 saturated heterocycles. The zero-order chi connectivity index (χ0) is 14.1. The zero-order valence-electron chi connectivity index (χ0n) is 12.2. The van der Waals surface area contributed by atoms with E-state index in [9.17, 15) is 0 Å². The molecule has 0 amide bonds. The van der Waals surface area contributed by atoms with Crippen molar-refractivity contribution in [2.75, 3.05) is 26.4 Å². The van der Waals surface area contributed by atoms with Crippen molar-refractivity contribution in [3.05, 3.63) is 24.2 Å². The molecule has 2 fully saturated rings. The van der Waals surface area contributed by atoms with Crippen LogP contribution in [0.5, 0.6) is 0 Å². The SMILES string of the molecule is c1cnc2c(c1)nc(C1CCOC1)n2CC1CCOCC1.